The summed E-state index contributed by atoms with van der Waals surface area (Å²) >= 11 is 0. The first-order chi connectivity index (χ1) is 29.5. The minimum Gasteiger partial charge on any atom is -0.378 e. The summed E-state index contributed by atoms with van der Waals surface area (Å²) in [6, 6.07) is 44.6. The quantitative estimate of drug-likeness (QED) is 0.147. The Morgan fingerprint density at radius 1 is 0.639 bits per heavy atom. The van der Waals surface area contributed by atoms with Gasteiger partial charge in [0.15, 0.2) is 7.28 Å². The van der Waals surface area contributed by atoms with Gasteiger partial charge in [0.25, 0.3) is 0 Å². The lowest BCUT2D eigenvalue weighted by atomic mass is 9.54. The van der Waals surface area contributed by atoms with E-state index < -0.39 is 0 Å². The number of allylic oxidation sites excluding steroid dienone is 1. The molecule has 4 aliphatic rings. The van der Waals surface area contributed by atoms with Crippen molar-refractivity contribution in [3.8, 4) is 33.4 Å². The van der Waals surface area contributed by atoms with Crippen molar-refractivity contribution in [2.75, 3.05) is 10.2 Å². The molecule has 307 valence electrons. The molecule has 2 atom stereocenters. The minimum atomic E-state index is -0.227. The average molecular weight is 798 g/mol. The van der Waals surface area contributed by atoms with Crippen LogP contribution >= 0.6 is 0 Å². The Bertz CT molecular complexity index is 2740. The smallest absolute Gasteiger partial charge is 0.198 e. The van der Waals surface area contributed by atoms with E-state index in [1.54, 1.807) is 0 Å². The van der Waals surface area contributed by atoms with E-state index in [0.29, 0.717) is 0 Å². The summed E-state index contributed by atoms with van der Waals surface area (Å²) in [6.45, 7) is 19.3. The van der Waals surface area contributed by atoms with Crippen LogP contribution in [-0.4, -0.2) is 12.8 Å². The van der Waals surface area contributed by atoms with E-state index in [2.05, 4.69) is 188 Å². The molecule has 1 saturated carbocycles. The van der Waals surface area contributed by atoms with Gasteiger partial charge >= 0.3 is 0 Å². The Labute approximate surface area is 366 Å². The van der Waals surface area contributed by atoms with Gasteiger partial charge in [0.1, 0.15) is 0 Å². The third kappa shape index (κ3) is 6.12. The maximum atomic E-state index is 4.29. The summed E-state index contributed by atoms with van der Waals surface area (Å²) in [4.78, 5) is 2.71. The number of fused-ring (bicyclic) bond motifs is 8. The normalized spacial score (nSPS) is 20.6. The molecule has 2 aliphatic carbocycles. The Balaban J connectivity index is 1.34. The molecule has 6 aromatic carbocycles. The largest absolute Gasteiger partial charge is 0.378 e. The van der Waals surface area contributed by atoms with E-state index >= 15 is 0 Å². The number of hydrogen-bond acceptors (Lipinski definition) is 2. The number of benzene rings is 6. The second-order valence-corrected chi connectivity index (χ2v) is 19.7. The molecular formula is C58H62BN2. The van der Waals surface area contributed by atoms with Crippen LogP contribution in [-0.2, 0) is 23.7 Å². The molecule has 61 heavy (non-hydrogen) atoms. The molecule has 0 amide bonds. The van der Waals surface area contributed by atoms with Gasteiger partial charge in [-0.05, 0) is 138 Å². The van der Waals surface area contributed by atoms with Gasteiger partial charge in [0.05, 0.1) is 5.69 Å². The van der Waals surface area contributed by atoms with Gasteiger partial charge in [-0.1, -0.05) is 162 Å². The first kappa shape index (κ1) is 39.8. The van der Waals surface area contributed by atoms with E-state index in [1.165, 1.54) is 145 Å². The van der Waals surface area contributed by atoms with Crippen LogP contribution in [0.3, 0.4) is 0 Å². The second-order valence-electron chi connectivity index (χ2n) is 19.7. The van der Waals surface area contributed by atoms with E-state index in [0.717, 1.165) is 19.3 Å². The molecule has 0 aromatic heterocycles. The lowest BCUT2D eigenvalue weighted by molar-refractivity contribution is 0.214. The van der Waals surface area contributed by atoms with Crippen molar-refractivity contribution in [2.24, 2.45) is 0 Å². The van der Waals surface area contributed by atoms with Gasteiger partial charge in [-0.25, -0.2) is 0 Å². The number of unbranched alkanes of at least 4 members (excludes halogenated alkanes) is 1. The summed E-state index contributed by atoms with van der Waals surface area (Å²) in [7, 11) is 2.60. The maximum absolute atomic E-state index is 4.29. The molecule has 2 heterocycles. The molecular weight excluding hydrogens is 735 g/mol. The molecule has 0 spiro atoms. The van der Waals surface area contributed by atoms with Crippen molar-refractivity contribution >= 4 is 35.3 Å². The van der Waals surface area contributed by atoms with Crippen LogP contribution in [0.5, 0.6) is 0 Å². The molecule has 2 aliphatic heterocycles. The second kappa shape index (κ2) is 15.0. The SMILES string of the molecule is CCCCc1ccc(N2C(C)=C(c3ccccc3CCC)[B]c3c(-c4cc(C)cc5c4NC4(C)CCCCC54C)cc4c(c32)C(C)(C)c2ccccc2-4)c(-c2ccccc2)c1. The van der Waals surface area contributed by atoms with Crippen molar-refractivity contribution in [1.29, 1.82) is 0 Å². The van der Waals surface area contributed by atoms with Crippen molar-refractivity contribution in [3.63, 3.8) is 0 Å². The molecule has 6 aromatic rings. The summed E-state index contributed by atoms with van der Waals surface area (Å²) in [5.74, 6) is 0. The maximum Gasteiger partial charge on any atom is 0.198 e. The molecule has 1 fully saturated rings. The van der Waals surface area contributed by atoms with Gasteiger partial charge in [0, 0.05) is 44.6 Å². The van der Waals surface area contributed by atoms with Gasteiger partial charge in [0.2, 0.25) is 0 Å². The number of aryl methyl sites for hydroxylation is 3. The van der Waals surface area contributed by atoms with Crippen LogP contribution in [0.15, 0.2) is 121 Å². The molecule has 0 bridgehead atoms. The fourth-order valence-electron chi connectivity index (χ4n) is 12.1. The number of anilines is 3. The number of nitrogens with zero attached hydrogens (tertiary/aromatic N) is 1. The summed E-state index contributed by atoms with van der Waals surface area (Å²) < 4.78 is 0. The highest BCUT2D eigenvalue weighted by Gasteiger charge is 2.54. The topological polar surface area (TPSA) is 15.3 Å². The standard InChI is InChI=1S/C58H62BN2/c1-9-11-22-39-29-30-50(44(35-39)41-23-13-12-14-24-41)61-38(4)52(42-26-16-15-25-40(42)21-10-2)59-53-46(36-45-43-27-17-18-28-48(43)56(5,6)51(45)55(53)61)47-33-37(3)34-49-54(47)60-58(8)32-20-19-31-57(49,58)7/h12-18,23-30,33-36,60H,9-11,19-22,31-32H2,1-8H3. The Morgan fingerprint density at radius 2 is 1.38 bits per heavy atom. The van der Waals surface area contributed by atoms with Crippen LogP contribution < -0.4 is 15.7 Å². The van der Waals surface area contributed by atoms with Crippen LogP contribution in [0.1, 0.15) is 132 Å². The number of hydrogen-bond donors (Lipinski definition) is 1. The monoisotopic (exact) mass is 798 g/mol. The molecule has 3 heteroatoms. The van der Waals surface area contributed by atoms with Crippen LogP contribution in [0, 0.1) is 6.92 Å². The highest BCUT2D eigenvalue weighted by Crippen LogP contribution is 2.60. The summed E-state index contributed by atoms with van der Waals surface area (Å²) in [6.07, 6.45) is 10.6. The molecule has 1 N–H and O–H groups in total. The van der Waals surface area contributed by atoms with Gasteiger partial charge in [-0.2, -0.15) is 0 Å². The number of rotatable bonds is 9. The van der Waals surface area contributed by atoms with Gasteiger partial charge < -0.3 is 10.2 Å². The van der Waals surface area contributed by atoms with Crippen LogP contribution in [0.2, 0.25) is 0 Å². The summed E-state index contributed by atoms with van der Waals surface area (Å²) in [5.41, 5.74) is 25.4. The third-order valence-electron chi connectivity index (χ3n) is 15.5. The Kier molecular flexibility index (Phi) is 9.78. The van der Waals surface area contributed by atoms with E-state index in [-0.39, 0.29) is 16.4 Å². The van der Waals surface area contributed by atoms with E-state index in [9.17, 15) is 0 Å². The predicted octanol–water partition coefficient (Wildman–Crippen LogP) is 14.8. The van der Waals surface area contributed by atoms with E-state index in [4.69, 9.17) is 0 Å². The molecule has 1 radical (unpaired) electrons. The first-order valence-corrected chi connectivity index (χ1v) is 23.4. The lowest BCUT2D eigenvalue weighted by Crippen LogP contribution is -2.50. The third-order valence-corrected chi connectivity index (χ3v) is 15.5. The minimum absolute atomic E-state index is 0.0160. The molecule has 2 unspecified atom stereocenters. The fourth-order valence-corrected chi connectivity index (χ4v) is 12.1. The average Bonchev–Trinajstić information content (AvgIpc) is 3.65. The Morgan fingerprint density at radius 3 is 2.16 bits per heavy atom. The van der Waals surface area contributed by atoms with E-state index in [1.807, 2.05) is 0 Å². The van der Waals surface area contributed by atoms with Crippen molar-refractivity contribution < 1.29 is 0 Å². The zero-order chi connectivity index (χ0) is 42.3. The zero-order valence-electron chi connectivity index (χ0n) is 37.9. The van der Waals surface area contributed by atoms with Gasteiger partial charge in [-0.3, -0.25) is 0 Å². The van der Waals surface area contributed by atoms with Crippen LogP contribution in [0.25, 0.3) is 38.9 Å². The summed E-state index contributed by atoms with van der Waals surface area (Å²) in [5, 5.41) is 4.29. The molecule has 10 rings (SSSR count). The highest BCUT2D eigenvalue weighted by molar-refractivity contribution is 6.77. The Hall–Kier alpha value is -5.28. The van der Waals surface area contributed by atoms with Crippen molar-refractivity contribution in [1.82, 2.24) is 0 Å². The molecule has 2 nitrogen and oxygen atoms in total. The zero-order valence-corrected chi connectivity index (χ0v) is 37.9. The van der Waals surface area contributed by atoms with Crippen molar-refractivity contribution in [2.45, 2.75) is 130 Å². The number of nitrogens with one attached hydrogen (secondary N) is 1. The predicted molar refractivity (Wildman–Crippen MR) is 263 cm³/mol. The van der Waals surface area contributed by atoms with Crippen LogP contribution in [0.4, 0.5) is 17.1 Å². The lowest BCUT2D eigenvalue weighted by Gasteiger charge is -2.45. The molecule has 0 saturated heterocycles. The van der Waals surface area contributed by atoms with Gasteiger partial charge in [-0.15, -0.1) is 0 Å². The highest BCUT2D eigenvalue weighted by atomic mass is 15.2. The van der Waals surface area contributed by atoms with Crippen molar-refractivity contribution in [3.05, 3.63) is 160 Å². The first-order valence-electron chi connectivity index (χ1n) is 23.4. The fraction of sp³-hybridized carbons (Fsp3) is 0.345.